The maximum absolute atomic E-state index is 12.5. The Morgan fingerprint density at radius 2 is 2.06 bits per heavy atom. The average Bonchev–Trinajstić information content (AvgIpc) is 2.52. The van der Waals surface area contributed by atoms with E-state index in [1.807, 2.05) is 13.8 Å². The summed E-state index contributed by atoms with van der Waals surface area (Å²) in [5, 5.41) is 3.53. The SMILES string of the molecule is Cn1nc(C(F)(F)F)cc1C1C(CN)C1(C)C. The van der Waals surface area contributed by atoms with Gasteiger partial charge in [0.05, 0.1) is 0 Å². The summed E-state index contributed by atoms with van der Waals surface area (Å²) in [6, 6.07) is 1.14. The molecule has 0 saturated heterocycles. The lowest BCUT2D eigenvalue weighted by molar-refractivity contribution is -0.141. The lowest BCUT2D eigenvalue weighted by Gasteiger charge is -2.02. The Kier molecular flexibility index (Phi) is 2.54. The first-order valence-electron chi connectivity index (χ1n) is 5.50. The number of nitrogens with two attached hydrogens (primary N) is 1. The van der Waals surface area contributed by atoms with E-state index in [0.29, 0.717) is 12.2 Å². The number of nitrogens with zero attached hydrogens (tertiary/aromatic N) is 2. The largest absolute Gasteiger partial charge is 0.435 e. The lowest BCUT2D eigenvalue weighted by Crippen LogP contribution is -2.06. The van der Waals surface area contributed by atoms with Gasteiger partial charge in [0.2, 0.25) is 0 Å². The predicted octanol–water partition coefficient (Wildman–Crippen LogP) is 2.14. The van der Waals surface area contributed by atoms with E-state index in [2.05, 4.69) is 5.10 Å². The summed E-state index contributed by atoms with van der Waals surface area (Å²) in [4.78, 5) is 0. The number of aromatic nitrogens is 2. The van der Waals surface area contributed by atoms with Gasteiger partial charge in [-0.1, -0.05) is 13.8 Å². The number of hydrogen-bond donors (Lipinski definition) is 1. The molecule has 6 heteroatoms. The molecule has 0 spiro atoms. The highest BCUT2D eigenvalue weighted by Gasteiger charge is 2.58. The molecule has 1 saturated carbocycles. The van der Waals surface area contributed by atoms with E-state index in [-0.39, 0.29) is 17.3 Å². The first kappa shape index (κ1) is 12.4. The van der Waals surface area contributed by atoms with E-state index in [1.165, 1.54) is 4.68 Å². The standard InChI is InChI=1S/C11H16F3N3/c1-10(2)6(5-15)9(10)7-4-8(11(12,13)14)16-17(7)3/h4,6,9H,5,15H2,1-3H3. The summed E-state index contributed by atoms with van der Waals surface area (Å²) < 4.78 is 38.9. The first-order chi connectivity index (χ1) is 7.69. The van der Waals surface area contributed by atoms with Crippen LogP contribution in [0.2, 0.25) is 0 Å². The topological polar surface area (TPSA) is 43.8 Å². The van der Waals surface area contributed by atoms with Crippen molar-refractivity contribution in [3.63, 3.8) is 0 Å². The number of hydrogen-bond acceptors (Lipinski definition) is 2. The fourth-order valence-electron chi connectivity index (χ4n) is 2.68. The third-order valence-corrected chi connectivity index (χ3v) is 3.83. The molecule has 0 aliphatic heterocycles. The van der Waals surface area contributed by atoms with Crippen molar-refractivity contribution in [2.45, 2.75) is 25.9 Å². The van der Waals surface area contributed by atoms with E-state index in [9.17, 15) is 13.2 Å². The average molecular weight is 247 g/mol. The van der Waals surface area contributed by atoms with Gasteiger partial charge in [-0.25, -0.2) is 0 Å². The Bertz CT molecular complexity index is 434. The van der Waals surface area contributed by atoms with Gasteiger partial charge in [-0.15, -0.1) is 0 Å². The fraction of sp³-hybridized carbons (Fsp3) is 0.727. The lowest BCUT2D eigenvalue weighted by atomic mass is 10.1. The molecule has 96 valence electrons. The van der Waals surface area contributed by atoms with Gasteiger partial charge in [-0.3, -0.25) is 4.68 Å². The van der Waals surface area contributed by atoms with E-state index in [1.54, 1.807) is 7.05 Å². The monoisotopic (exact) mass is 247 g/mol. The Balaban J connectivity index is 2.33. The normalized spacial score (nSPS) is 27.2. The molecule has 0 radical (unpaired) electrons. The summed E-state index contributed by atoms with van der Waals surface area (Å²) in [7, 11) is 1.55. The Hall–Kier alpha value is -1.04. The number of aryl methyl sites for hydroxylation is 1. The van der Waals surface area contributed by atoms with E-state index >= 15 is 0 Å². The van der Waals surface area contributed by atoms with Gasteiger partial charge < -0.3 is 5.73 Å². The summed E-state index contributed by atoms with van der Waals surface area (Å²) >= 11 is 0. The molecule has 2 N–H and O–H groups in total. The molecule has 1 fully saturated rings. The summed E-state index contributed by atoms with van der Waals surface area (Å²) in [6.45, 7) is 4.54. The van der Waals surface area contributed by atoms with E-state index in [0.717, 1.165) is 6.07 Å². The summed E-state index contributed by atoms with van der Waals surface area (Å²) in [5.41, 5.74) is 5.39. The van der Waals surface area contributed by atoms with Gasteiger partial charge >= 0.3 is 6.18 Å². The van der Waals surface area contributed by atoms with E-state index in [4.69, 9.17) is 5.73 Å². The van der Waals surface area contributed by atoms with Crippen molar-refractivity contribution in [2.75, 3.05) is 6.54 Å². The zero-order valence-corrected chi connectivity index (χ0v) is 10.0. The van der Waals surface area contributed by atoms with Crippen molar-refractivity contribution in [3.8, 4) is 0 Å². The minimum Gasteiger partial charge on any atom is -0.330 e. The molecular weight excluding hydrogens is 231 g/mol. The van der Waals surface area contributed by atoms with Gasteiger partial charge in [0, 0.05) is 18.7 Å². The molecule has 17 heavy (non-hydrogen) atoms. The van der Waals surface area contributed by atoms with E-state index < -0.39 is 11.9 Å². The second kappa shape index (κ2) is 3.48. The minimum atomic E-state index is -4.38. The molecule has 2 rings (SSSR count). The predicted molar refractivity (Wildman–Crippen MR) is 57.3 cm³/mol. The van der Waals surface area contributed by atoms with Crippen LogP contribution >= 0.6 is 0 Å². The third-order valence-electron chi connectivity index (χ3n) is 3.83. The second-order valence-corrected chi connectivity index (χ2v) is 5.22. The van der Waals surface area contributed by atoms with Gasteiger partial charge in [-0.2, -0.15) is 18.3 Å². The van der Waals surface area contributed by atoms with Crippen LogP contribution in [-0.2, 0) is 13.2 Å². The molecule has 1 aromatic heterocycles. The maximum atomic E-state index is 12.5. The Morgan fingerprint density at radius 1 is 1.47 bits per heavy atom. The Labute approximate surface area is 97.8 Å². The molecule has 2 atom stereocenters. The van der Waals surface area contributed by atoms with Gasteiger partial charge in [-0.05, 0) is 23.9 Å². The van der Waals surface area contributed by atoms with Gasteiger partial charge in [0.25, 0.3) is 0 Å². The summed E-state index contributed by atoms with van der Waals surface area (Å²) in [5.74, 6) is 0.306. The molecule has 1 aliphatic carbocycles. The van der Waals surface area contributed by atoms with Crippen molar-refractivity contribution < 1.29 is 13.2 Å². The van der Waals surface area contributed by atoms with Crippen LogP contribution in [0.4, 0.5) is 13.2 Å². The van der Waals surface area contributed by atoms with Crippen molar-refractivity contribution in [1.82, 2.24) is 9.78 Å². The fourth-order valence-corrected chi connectivity index (χ4v) is 2.68. The highest BCUT2D eigenvalue weighted by molar-refractivity contribution is 5.29. The zero-order chi connectivity index (χ0) is 13.0. The van der Waals surface area contributed by atoms with Crippen LogP contribution in [-0.4, -0.2) is 16.3 Å². The van der Waals surface area contributed by atoms with Crippen LogP contribution in [0.25, 0.3) is 0 Å². The molecule has 1 heterocycles. The minimum absolute atomic E-state index is 0.0363. The zero-order valence-electron chi connectivity index (χ0n) is 10.0. The van der Waals surface area contributed by atoms with Crippen LogP contribution < -0.4 is 5.73 Å². The maximum Gasteiger partial charge on any atom is 0.435 e. The van der Waals surface area contributed by atoms with Crippen molar-refractivity contribution in [3.05, 3.63) is 17.5 Å². The molecule has 2 unspecified atom stereocenters. The highest BCUT2D eigenvalue weighted by atomic mass is 19.4. The van der Waals surface area contributed by atoms with Crippen LogP contribution in [0.15, 0.2) is 6.07 Å². The van der Waals surface area contributed by atoms with Crippen molar-refractivity contribution in [2.24, 2.45) is 24.1 Å². The molecule has 0 bridgehead atoms. The molecule has 0 aromatic carbocycles. The number of alkyl halides is 3. The quantitative estimate of drug-likeness (QED) is 0.870. The highest BCUT2D eigenvalue weighted by Crippen LogP contribution is 2.63. The van der Waals surface area contributed by atoms with Crippen molar-refractivity contribution in [1.29, 1.82) is 0 Å². The van der Waals surface area contributed by atoms with Crippen LogP contribution in [0.3, 0.4) is 0 Å². The molecular formula is C11H16F3N3. The summed E-state index contributed by atoms with van der Waals surface area (Å²) in [6.07, 6.45) is -4.38. The molecule has 1 aromatic rings. The number of halogens is 3. The molecule has 1 aliphatic rings. The first-order valence-corrected chi connectivity index (χ1v) is 5.50. The van der Waals surface area contributed by atoms with Crippen molar-refractivity contribution >= 4 is 0 Å². The van der Waals surface area contributed by atoms with Crippen LogP contribution in [0.5, 0.6) is 0 Å². The Morgan fingerprint density at radius 3 is 2.41 bits per heavy atom. The van der Waals surface area contributed by atoms with Gasteiger partial charge in [0.15, 0.2) is 5.69 Å². The molecule has 3 nitrogen and oxygen atoms in total. The third kappa shape index (κ3) is 1.84. The van der Waals surface area contributed by atoms with Gasteiger partial charge in [0.1, 0.15) is 0 Å². The molecule has 0 amide bonds. The van der Waals surface area contributed by atoms with Crippen LogP contribution in [0.1, 0.15) is 31.2 Å². The van der Waals surface area contributed by atoms with Crippen LogP contribution in [0, 0.1) is 11.3 Å². The smallest absolute Gasteiger partial charge is 0.330 e. The second-order valence-electron chi connectivity index (χ2n) is 5.22. The number of rotatable bonds is 2.